The summed E-state index contributed by atoms with van der Waals surface area (Å²) in [4.78, 5) is 12.1. The maximum Gasteiger partial charge on any atom is 0.272 e. The minimum Gasteiger partial charge on any atom is -0.505 e. The van der Waals surface area contributed by atoms with Gasteiger partial charge < -0.3 is 15.0 Å². The molecule has 2 N–H and O–H groups in total. The minimum absolute atomic E-state index is 0.276. The van der Waals surface area contributed by atoms with Gasteiger partial charge in [-0.1, -0.05) is 0 Å². The largest absolute Gasteiger partial charge is 0.505 e. The van der Waals surface area contributed by atoms with Crippen LogP contribution in [0.1, 0.15) is 29.4 Å². The van der Waals surface area contributed by atoms with Gasteiger partial charge in [-0.3, -0.25) is 4.79 Å². The number of amides is 1. The summed E-state index contributed by atoms with van der Waals surface area (Å²) in [5, 5.41) is 11.7. The number of nitrogens with one attached hydrogen (secondary N) is 1. The van der Waals surface area contributed by atoms with Gasteiger partial charge in [0.25, 0.3) is 5.91 Å². The van der Waals surface area contributed by atoms with Gasteiger partial charge in [0.05, 0.1) is 0 Å². The van der Waals surface area contributed by atoms with Crippen molar-refractivity contribution in [1.29, 1.82) is 0 Å². The summed E-state index contributed by atoms with van der Waals surface area (Å²) < 4.78 is 15.1. The molecule has 0 spiro atoms. The van der Waals surface area contributed by atoms with Crippen LogP contribution in [0, 0.1) is 5.82 Å². The van der Waals surface area contributed by atoms with E-state index in [1.807, 2.05) is 16.8 Å². The van der Waals surface area contributed by atoms with Crippen LogP contribution >= 0.6 is 0 Å². The molecule has 3 rings (SSSR count). The van der Waals surface area contributed by atoms with E-state index in [0.717, 1.165) is 18.9 Å². The number of hydrogen-bond acceptors (Lipinski definition) is 2. The Morgan fingerprint density at radius 3 is 2.84 bits per heavy atom. The van der Waals surface area contributed by atoms with E-state index in [-0.39, 0.29) is 5.91 Å². The van der Waals surface area contributed by atoms with Gasteiger partial charge in [-0.05, 0) is 37.1 Å². The molecular weight excluding hydrogens is 247 g/mol. The van der Waals surface area contributed by atoms with Gasteiger partial charge in [-0.2, -0.15) is 0 Å². The molecule has 1 aromatic carbocycles. The first-order valence-electron chi connectivity index (χ1n) is 6.12. The zero-order chi connectivity index (χ0) is 13.4. The van der Waals surface area contributed by atoms with E-state index < -0.39 is 11.6 Å². The highest BCUT2D eigenvalue weighted by Crippen LogP contribution is 2.36. The Hall–Kier alpha value is -2.30. The average molecular weight is 260 g/mol. The number of rotatable bonds is 3. The minimum atomic E-state index is -0.754. The summed E-state index contributed by atoms with van der Waals surface area (Å²) in [6, 6.07) is 7.74. The molecular formula is C14H13FN2O2. The highest BCUT2D eigenvalue weighted by molar-refractivity contribution is 6.03. The van der Waals surface area contributed by atoms with Crippen LogP contribution in [0.5, 0.6) is 5.75 Å². The Labute approximate surface area is 109 Å². The second-order valence-electron chi connectivity index (χ2n) is 4.65. The van der Waals surface area contributed by atoms with Gasteiger partial charge >= 0.3 is 0 Å². The number of carbonyl (C=O) groups excluding carboxylic acids is 1. The molecule has 0 atom stereocenters. The van der Waals surface area contributed by atoms with Crippen LogP contribution < -0.4 is 5.32 Å². The predicted octanol–water partition coefficient (Wildman–Crippen LogP) is 2.92. The third-order valence-electron chi connectivity index (χ3n) is 3.16. The van der Waals surface area contributed by atoms with Gasteiger partial charge in [0.15, 0.2) is 11.6 Å². The number of phenolic OH excluding ortho intramolecular Hbond substituents is 1. The summed E-state index contributed by atoms with van der Waals surface area (Å²) in [5.74, 6) is -1.46. The molecule has 1 aromatic heterocycles. The number of anilines is 1. The predicted molar refractivity (Wildman–Crippen MR) is 68.7 cm³/mol. The second kappa shape index (κ2) is 4.42. The van der Waals surface area contributed by atoms with E-state index in [0.29, 0.717) is 17.4 Å². The van der Waals surface area contributed by atoms with E-state index in [4.69, 9.17) is 5.11 Å². The molecule has 4 nitrogen and oxygen atoms in total. The summed E-state index contributed by atoms with van der Waals surface area (Å²) in [6.45, 7) is 0. The van der Waals surface area contributed by atoms with Gasteiger partial charge in [0.2, 0.25) is 0 Å². The lowest BCUT2D eigenvalue weighted by atomic mass is 10.2. The van der Waals surface area contributed by atoms with Crippen LogP contribution in [0.15, 0.2) is 36.5 Å². The number of hydrogen-bond donors (Lipinski definition) is 2. The van der Waals surface area contributed by atoms with Crippen molar-refractivity contribution in [3.05, 3.63) is 48.0 Å². The first-order chi connectivity index (χ1) is 9.15. The number of phenols is 1. The van der Waals surface area contributed by atoms with Crippen LogP contribution in [0.25, 0.3) is 0 Å². The molecule has 19 heavy (non-hydrogen) atoms. The van der Waals surface area contributed by atoms with Gasteiger partial charge in [-0.25, -0.2) is 4.39 Å². The summed E-state index contributed by atoms with van der Waals surface area (Å²) in [7, 11) is 0. The Kier molecular flexibility index (Phi) is 2.74. The van der Waals surface area contributed by atoms with E-state index in [2.05, 4.69) is 5.32 Å². The number of halogens is 1. The molecule has 1 heterocycles. The van der Waals surface area contributed by atoms with Crippen molar-refractivity contribution in [2.75, 3.05) is 5.32 Å². The van der Waals surface area contributed by atoms with Crippen molar-refractivity contribution < 1.29 is 14.3 Å². The monoisotopic (exact) mass is 260 g/mol. The summed E-state index contributed by atoms with van der Waals surface area (Å²) >= 11 is 0. The lowest BCUT2D eigenvalue weighted by molar-refractivity contribution is 0.101. The quantitative estimate of drug-likeness (QED) is 0.834. The fourth-order valence-corrected chi connectivity index (χ4v) is 2.04. The summed E-state index contributed by atoms with van der Waals surface area (Å²) in [5.41, 5.74) is 0.889. The smallest absolute Gasteiger partial charge is 0.272 e. The topological polar surface area (TPSA) is 54.3 Å². The van der Waals surface area contributed by atoms with Crippen molar-refractivity contribution in [1.82, 2.24) is 4.57 Å². The van der Waals surface area contributed by atoms with Crippen LogP contribution in [0.4, 0.5) is 10.1 Å². The normalized spacial score (nSPS) is 14.4. The molecule has 0 bridgehead atoms. The first-order valence-corrected chi connectivity index (χ1v) is 6.12. The fourth-order valence-electron chi connectivity index (χ4n) is 2.04. The number of aromatic hydroxyl groups is 1. The van der Waals surface area contributed by atoms with E-state index in [1.165, 1.54) is 12.1 Å². The van der Waals surface area contributed by atoms with Crippen LogP contribution in [0.2, 0.25) is 0 Å². The number of benzene rings is 1. The zero-order valence-corrected chi connectivity index (χ0v) is 10.1. The molecule has 1 amide bonds. The molecule has 0 radical (unpaired) electrons. The Balaban J connectivity index is 1.80. The van der Waals surface area contributed by atoms with Crippen molar-refractivity contribution in [2.24, 2.45) is 0 Å². The SMILES string of the molecule is O=C(Nc1ccc(O)c(F)c1)c1cccn1C1CC1. The van der Waals surface area contributed by atoms with Crippen molar-refractivity contribution in [3.8, 4) is 5.75 Å². The second-order valence-corrected chi connectivity index (χ2v) is 4.65. The molecule has 1 fully saturated rings. The maximum atomic E-state index is 13.2. The molecule has 1 saturated carbocycles. The molecule has 5 heteroatoms. The number of nitrogens with zero attached hydrogens (tertiary/aromatic N) is 1. The van der Waals surface area contributed by atoms with Gasteiger partial charge in [0, 0.05) is 24.0 Å². The molecule has 1 aliphatic rings. The third-order valence-corrected chi connectivity index (χ3v) is 3.16. The number of aromatic nitrogens is 1. The Morgan fingerprint density at radius 1 is 1.37 bits per heavy atom. The Bertz CT molecular complexity index is 632. The molecule has 0 unspecified atom stereocenters. The number of carbonyl (C=O) groups is 1. The van der Waals surface area contributed by atoms with Crippen molar-refractivity contribution in [3.63, 3.8) is 0 Å². The molecule has 2 aromatic rings. The fraction of sp³-hybridized carbons (Fsp3) is 0.214. The van der Waals surface area contributed by atoms with Gasteiger partial charge in [-0.15, -0.1) is 0 Å². The van der Waals surface area contributed by atoms with Crippen LogP contribution in [-0.2, 0) is 0 Å². The zero-order valence-electron chi connectivity index (χ0n) is 10.1. The first kappa shape index (κ1) is 11.8. The lowest BCUT2D eigenvalue weighted by Gasteiger charge is -2.09. The van der Waals surface area contributed by atoms with Gasteiger partial charge in [0.1, 0.15) is 5.69 Å². The maximum absolute atomic E-state index is 13.2. The van der Waals surface area contributed by atoms with Crippen molar-refractivity contribution in [2.45, 2.75) is 18.9 Å². The highest BCUT2D eigenvalue weighted by atomic mass is 19.1. The van der Waals surface area contributed by atoms with Crippen molar-refractivity contribution >= 4 is 11.6 Å². The Morgan fingerprint density at radius 2 is 2.16 bits per heavy atom. The lowest BCUT2D eigenvalue weighted by Crippen LogP contribution is -2.16. The highest BCUT2D eigenvalue weighted by Gasteiger charge is 2.26. The van der Waals surface area contributed by atoms with Crippen LogP contribution in [0.3, 0.4) is 0 Å². The van der Waals surface area contributed by atoms with Crippen LogP contribution in [-0.4, -0.2) is 15.6 Å². The molecule has 1 aliphatic carbocycles. The molecule has 0 saturated heterocycles. The third kappa shape index (κ3) is 2.31. The standard InChI is InChI=1S/C14H13FN2O2/c15-11-8-9(3-6-13(11)18)16-14(19)12-2-1-7-17(12)10-4-5-10/h1-3,6-8,10,18H,4-5H2,(H,16,19). The van der Waals surface area contributed by atoms with E-state index in [9.17, 15) is 9.18 Å². The summed E-state index contributed by atoms with van der Waals surface area (Å²) in [6.07, 6.45) is 4.05. The average Bonchev–Trinajstić information content (AvgIpc) is 3.11. The molecule has 98 valence electrons. The molecule has 0 aliphatic heterocycles. The van der Waals surface area contributed by atoms with E-state index in [1.54, 1.807) is 6.07 Å². The van der Waals surface area contributed by atoms with E-state index >= 15 is 0 Å².